The summed E-state index contributed by atoms with van der Waals surface area (Å²) in [5.41, 5.74) is -0.823. The maximum atomic E-state index is 13.3. The second-order valence-corrected chi connectivity index (χ2v) is 3.46. The first-order chi connectivity index (χ1) is 8.61. The number of rotatable bonds is 4. The van der Waals surface area contributed by atoms with Crippen molar-refractivity contribution >= 4 is 5.97 Å². The Bertz CT molecular complexity index is 473. The van der Waals surface area contributed by atoms with Gasteiger partial charge in [-0.25, -0.2) is 9.18 Å². The topological polar surface area (TPSA) is 87.0 Å². The Morgan fingerprint density at radius 1 is 1.26 bits per heavy atom. The van der Waals surface area contributed by atoms with Crippen LogP contribution in [0, 0.1) is 5.82 Å². The van der Waals surface area contributed by atoms with Crippen LogP contribution in [0.5, 0.6) is 5.75 Å². The zero-order chi connectivity index (χ0) is 14.8. The van der Waals surface area contributed by atoms with Crippen molar-refractivity contribution in [2.24, 2.45) is 0 Å². The highest BCUT2D eigenvalue weighted by molar-refractivity contribution is 5.73. The largest absolute Gasteiger partial charge is 0.573 e. The van der Waals surface area contributed by atoms with Gasteiger partial charge in [-0.1, -0.05) is 0 Å². The van der Waals surface area contributed by atoms with Crippen LogP contribution >= 0.6 is 0 Å². The zero-order valence-electron chi connectivity index (χ0n) is 9.06. The average Bonchev–Trinajstić information content (AvgIpc) is 2.27. The number of carboxylic acids is 1. The van der Waals surface area contributed by atoms with Gasteiger partial charge in [-0.15, -0.1) is 13.2 Å². The Morgan fingerprint density at radius 3 is 2.32 bits per heavy atom. The molecule has 1 aromatic rings. The van der Waals surface area contributed by atoms with E-state index in [2.05, 4.69) is 4.74 Å². The van der Waals surface area contributed by atoms with Crippen molar-refractivity contribution in [3.63, 3.8) is 0 Å². The molecule has 19 heavy (non-hydrogen) atoms. The van der Waals surface area contributed by atoms with Gasteiger partial charge in [-0.3, -0.25) is 0 Å². The highest BCUT2D eigenvalue weighted by Gasteiger charge is 2.33. The van der Waals surface area contributed by atoms with E-state index in [-0.39, 0.29) is 0 Å². The fraction of sp³-hybridized carbons (Fsp3) is 0.300. The molecule has 1 aromatic carbocycles. The number of alkyl halides is 3. The molecule has 0 saturated carbocycles. The monoisotopic (exact) mass is 284 g/mol. The van der Waals surface area contributed by atoms with E-state index in [1.807, 2.05) is 0 Å². The van der Waals surface area contributed by atoms with Crippen molar-refractivity contribution in [2.75, 3.05) is 0 Å². The van der Waals surface area contributed by atoms with E-state index in [9.17, 15) is 27.5 Å². The SMILES string of the molecule is O=C(O)C(O)C(O)c1cc(OC(F)(F)F)ccc1F. The van der Waals surface area contributed by atoms with Crippen LogP contribution in [0.4, 0.5) is 17.6 Å². The van der Waals surface area contributed by atoms with Gasteiger partial charge in [0.1, 0.15) is 17.7 Å². The van der Waals surface area contributed by atoms with Crippen molar-refractivity contribution in [3.05, 3.63) is 29.6 Å². The van der Waals surface area contributed by atoms with E-state index in [4.69, 9.17) is 10.2 Å². The lowest BCUT2D eigenvalue weighted by Crippen LogP contribution is -2.28. The van der Waals surface area contributed by atoms with Crippen LogP contribution in [-0.2, 0) is 4.79 Å². The summed E-state index contributed by atoms with van der Waals surface area (Å²) in [4.78, 5) is 10.4. The lowest BCUT2D eigenvalue weighted by Gasteiger charge is -2.16. The maximum Gasteiger partial charge on any atom is 0.573 e. The molecule has 0 aliphatic rings. The van der Waals surface area contributed by atoms with Crippen LogP contribution in [0.1, 0.15) is 11.7 Å². The van der Waals surface area contributed by atoms with Gasteiger partial charge in [0, 0.05) is 5.56 Å². The van der Waals surface area contributed by atoms with E-state index in [0.29, 0.717) is 18.2 Å². The molecule has 0 bridgehead atoms. The van der Waals surface area contributed by atoms with Crippen LogP contribution in [-0.4, -0.2) is 33.8 Å². The summed E-state index contributed by atoms with van der Waals surface area (Å²) in [5.74, 6) is -3.88. The predicted octanol–water partition coefficient (Wildman–Crippen LogP) is 1.20. The first-order valence-corrected chi connectivity index (χ1v) is 4.76. The Labute approximate surface area is 103 Å². The van der Waals surface area contributed by atoms with Crippen molar-refractivity contribution in [1.82, 2.24) is 0 Å². The molecule has 0 heterocycles. The number of carboxylic acid groups (broad SMARTS) is 1. The first-order valence-electron chi connectivity index (χ1n) is 4.76. The second-order valence-electron chi connectivity index (χ2n) is 3.46. The Balaban J connectivity index is 3.07. The van der Waals surface area contributed by atoms with Crippen molar-refractivity contribution in [3.8, 4) is 5.75 Å². The molecule has 0 radical (unpaired) electrons. The van der Waals surface area contributed by atoms with Gasteiger partial charge >= 0.3 is 12.3 Å². The number of benzene rings is 1. The first kappa shape index (κ1) is 15.2. The summed E-state index contributed by atoms with van der Waals surface area (Å²) in [6.45, 7) is 0. The molecule has 9 heteroatoms. The van der Waals surface area contributed by atoms with Gasteiger partial charge in [-0.05, 0) is 18.2 Å². The molecular weight excluding hydrogens is 276 g/mol. The normalized spacial score (nSPS) is 14.8. The molecule has 0 aromatic heterocycles. The number of carbonyl (C=O) groups is 1. The Hall–Kier alpha value is -1.87. The number of ether oxygens (including phenoxy) is 1. The molecule has 0 amide bonds. The molecule has 0 spiro atoms. The van der Waals surface area contributed by atoms with Crippen LogP contribution in [0.15, 0.2) is 18.2 Å². The second kappa shape index (κ2) is 5.41. The van der Waals surface area contributed by atoms with Gasteiger partial charge in [0.2, 0.25) is 0 Å². The minimum atomic E-state index is -5.02. The minimum Gasteiger partial charge on any atom is -0.479 e. The standard InChI is InChI=1S/C10H8F4O5/c11-6-2-1-4(19-10(12,13)14)3-5(6)7(15)8(16)9(17)18/h1-3,7-8,15-16H,(H,17,18). The third kappa shape index (κ3) is 4.07. The van der Waals surface area contributed by atoms with Crippen LogP contribution in [0.2, 0.25) is 0 Å². The lowest BCUT2D eigenvalue weighted by molar-refractivity contribution is -0.274. The van der Waals surface area contributed by atoms with E-state index in [1.165, 1.54) is 0 Å². The van der Waals surface area contributed by atoms with Gasteiger partial charge in [0.25, 0.3) is 0 Å². The summed E-state index contributed by atoms with van der Waals surface area (Å²) in [6, 6.07) is 1.65. The fourth-order valence-corrected chi connectivity index (χ4v) is 1.25. The molecule has 5 nitrogen and oxygen atoms in total. The number of aliphatic carboxylic acids is 1. The van der Waals surface area contributed by atoms with E-state index in [1.54, 1.807) is 0 Å². The summed E-state index contributed by atoms with van der Waals surface area (Å²) in [6.07, 6.45) is -9.63. The number of hydrogen-bond acceptors (Lipinski definition) is 4. The molecule has 0 fully saturated rings. The van der Waals surface area contributed by atoms with Crippen molar-refractivity contribution in [1.29, 1.82) is 0 Å². The maximum absolute atomic E-state index is 13.3. The molecule has 0 aliphatic carbocycles. The van der Waals surface area contributed by atoms with Crippen molar-refractivity contribution < 1.29 is 42.4 Å². The van der Waals surface area contributed by atoms with E-state index < -0.39 is 41.7 Å². The molecule has 0 saturated heterocycles. The Morgan fingerprint density at radius 2 is 1.84 bits per heavy atom. The molecule has 1 rings (SSSR count). The minimum absolute atomic E-state index is 0.458. The van der Waals surface area contributed by atoms with E-state index >= 15 is 0 Å². The highest BCUT2D eigenvalue weighted by atomic mass is 19.4. The third-order valence-electron chi connectivity index (χ3n) is 2.07. The predicted molar refractivity (Wildman–Crippen MR) is 51.7 cm³/mol. The molecule has 2 unspecified atom stereocenters. The summed E-state index contributed by atoms with van der Waals surface area (Å²) < 4.78 is 52.6. The van der Waals surface area contributed by atoms with Gasteiger partial charge in [-0.2, -0.15) is 0 Å². The van der Waals surface area contributed by atoms with Gasteiger partial charge in [0.15, 0.2) is 6.10 Å². The lowest BCUT2D eigenvalue weighted by atomic mass is 10.0. The molecule has 3 N–H and O–H groups in total. The highest BCUT2D eigenvalue weighted by Crippen LogP contribution is 2.28. The van der Waals surface area contributed by atoms with Crippen LogP contribution in [0.3, 0.4) is 0 Å². The van der Waals surface area contributed by atoms with Gasteiger partial charge in [0.05, 0.1) is 0 Å². The zero-order valence-corrected chi connectivity index (χ0v) is 9.06. The number of aliphatic hydroxyl groups excluding tert-OH is 2. The van der Waals surface area contributed by atoms with Crippen LogP contribution in [0.25, 0.3) is 0 Å². The quantitative estimate of drug-likeness (QED) is 0.723. The van der Waals surface area contributed by atoms with Gasteiger partial charge < -0.3 is 20.1 Å². The van der Waals surface area contributed by atoms with Crippen molar-refractivity contribution in [2.45, 2.75) is 18.6 Å². The molecule has 0 aliphatic heterocycles. The van der Waals surface area contributed by atoms with E-state index in [0.717, 1.165) is 0 Å². The summed E-state index contributed by atoms with van der Waals surface area (Å²) >= 11 is 0. The molecular formula is C10H8F4O5. The number of aliphatic hydroxyl groups is 2. The Kier molecular flexibility index (Phi) is 4.32. The number of hydrogen-bond donors (Lipinski definition) is 3. The third-order valence-corrected chi connectivity index (χ3v) is 2.07. The fourth-order valence-electron chi connectivity index (χ4n) is 1.25. The molecule has 106 valence electrons. The summed E-state index contributed by atoms with van der Waals surface area (Å²) in [7, 11) is 0. The average molecular weight is 284 g/mol. The smallest absolute Gasteiger partial charge is 0.479 e. The number of halogens is 4. The van der Waals surface area contributed by atoms with Crippen LogP contribution < -0.4 is 4.74 Å². The molecule has 2 atom stereocenters. The summed E-state index contributed by atoms with van der Waals surface area (Å²) in [5, 5.41) is 26.8.